The van der Waals surface area contributed by atoms with Gasteiger partial charge in [0, 0.05) is 15.8 Å². The lowest BCUT2D eigenvalue weighted by Crippen LogP contribution is -2.21. The molecule has 0 bridgehead atoms. The summed E-state index contributed by atoms with van der Waals surface area (Å²) in [5.41, 5.74) is 0. The molecular formula is C13H11NO3S2. The first kappa shape index (κ1) is 13.5. The summed E-state index contributed by atoms with van der Waals surface area (Å²) in [6.45, 7) is 0.509. The summed E-state index contributed by atoms with van der Waals surface area (Å²) in [6, 6.07) is 7.31. The Balaban J connectivity index is 1.94. The molecule has 2 N–H and O–H groups in total. The van der Waals surface area contributed by atoms with Gasteiger partial charge in [0.25, 0.3) is 5.91 Å². The van der Waals surface area contributed by atoms with Gasteiger partial charge in [-0.25, -0.2) is 4.79 Å². The highest BCUT2D eigenvalue weighted by molar-refractivity contribution is 7.14. The van der Waals surface area contributed by atoms with Crippen LogP contribution in [0.15, 0.2) is 35.7 Å². The summed E-state index contributed by atoms with van der Waals surface area (Å²) in [6.07, 6.45) is 2.53. The van der Waals surface area contributed by atoms with Gasteiger partial charge in [-0.15, -0.1) is 22.7 Å². The van der Waals surface area contributed by atoms with Crippen LogP contribution in [0, 0.1) is 0 Å². The van der Waals surface area contributed by atoms with E-state index in [1.54, 1.807) is 23.5 Å². The SMILES string of the molecule is O=C(O)/C=C/c1ccc(C(=O)NCc2cccs2)s1. The van der Waals surface area contributed by atoms with Gasteiger partial charge in [0.2, 0.25) is 0 Å². The Labute approximate surface area is 118 Å². The minimum absolute atomic E-state index is 0.145. The number of nitrogens with one attached hydrogen (secondary N) is 1. The number of carbonyl (C=O) groups is 2. The van der Waals surface area contributed by atoms with Crippen molar-refractivity contribution >= 4 is 40.6 Å². The summed E-state index contributed by atoms with van der Waals surface area (Å²) in [4.78, 5) is 24.6. The third kappa shape index (κ3) is 4.04. The summed E-state index contributed by atoms with van der Waals surface area (Å²) < 4.78 is 0. The highest BCUT2D eigenvalue weighted by Gasteiger charge is 2.08. The molecule has 0 unspecified atom stereocenters. The Bertz CT molecular complexity index is 599. The van der Waals surface area contributed by atoms with Gasteiger partial charge in [-0.1, -0.05) is 6.07 Å². The second-order valence-electron chi connectivity index (χ2n) is 3.64. The zero-order chi connectivity index (χ0) is 13.7. The largest absolute Gasteiger partial charge is 0.478 e. The van der Waals surface area contributed by atoms with E-state index in [2.05, 4.69) is 5.32 Å². The molecular weight excluding hydrogens is 282 g/mol. The van der Waals surface area contributed by atoms with Crippen LogP contribution in [0.25, 0.3) is 6.08 Å². The lowest BCUT2D eigenvalue weighted by atomic mass is 10.3. The van der Waals surface area contributed by atoms with E-state index in [9.17, 15) is 9.59 Å². The Hall–Kier alpha value is -1.92. The smallest absolute Gasteiger partial charge is 0.328 e. The van der Waals surface area contributed by atoms with Crippen LogP contribution in [-0.4, -0.2) is 17.0 Å². The lowest BCUT2D eigenvalue weighted by Gasteiger charge is -2.00. The fraction of sp³-hybridized carbons (Fsp3) is 0.0769. The van der Waals surface area contributed by atoms with Crippen molar-refractivity contribution < 1.29 is 14.7 Å². The molecule has 0 aliphatic heterocycles. The Morgan fingerprint density at radius 1 is 1.32 bits per heavy atom. The fourth-order valence-electron chi connectivity index (χ4n) is 1.39. The first-order valence-electron chi connectivity index (χ1n) is 5.46. The molecule has 1 amide bonds. The molecule has 2 aromatic heterocycles. The summed E-state index contributed by atoms with van der Waals surface area (Å²) in [7, 11) is 0. The van der Waals surface area contributed by atoms with Gasteiger partial charge in [0.05, 0.1) is 11.4 Å². The number of carboxylic acids is 1. The maximum atomic E-state index is 11.9. The van der Waals surface area contributed by atoms with E-state index in [4.69, 9.17) is 5.11 Å². The van der Waals surface area contributed by atoms with Gasteiger partial charge >= 0.3 is 5.97 Å². The van der Waals surface area contributed by atoms with E-state index >= 15 is 0 Å². The molecule has 0 saturated heterocycles. The van der Waals surface area contributed by atoms with Crippen LogP contribution in [-0.2, 0) is 11.3 Å². The van der Waals surface area contributed by atoms with Crippen LogP contribution in [0.2, 0.25) is 0 Å². The maximum Gasteiger partial charge on any atom is 0.328 e. The highest BCUT2D eigenvalue weighted by atomic mass is 32.1. The van der Waals surface area contributed by atoms with Gasteiger partial charge in [0.1, 0.15) is 0 Å². The number of rotatable bonds is 5. The predicted octanol–water partition coefficient (Wildman–Crippen LogP) is 2.84. The van der Waals surface area contributed by atoms with E-state index in [0.717, 1.165) is 15.8 Å². The molecule has 0 fully saturated rings. The lowest BCUT2D eigenvalue weighted by molar-refractivity contribution is -0.131. The van der Waals surface area contributed by atoms with Crippen molar-refractivity contribution in [3.8, 4) is 0 Å². The van der Waals surface area contributed by atoms with Crippen molar-refractivity contribution in [2.24, 2.45) is 0 Å². The van der Waals surface area contributed by atoms with E-state index in [-0.39, 0.29) is 5.91 Å². The number of aliphatic carboxylic acids is 1. The molecule has 2 aromatic rings. The molecule has 0 saturated carbocycles. The molecule has 98 valence electrons. The molecule has 2 heterocycles. The maximum absolute atomic E-state index is 11.9. The van der Waals surface area contributed by atoms with Crippen LogP contribution in [0.4, 0.5) is 0 Å². The Morgan fingerprint density at radius 2 is 2.16 bits per heavy atom. The fourth-order valence-corrected chi connectivity index (χ4v) is 2.86. The minimum atomic E-state index is -1.00. The number of hydrogen-bond acceptors (Lipinski definition) is 4. The van der Waals surface area contributed by atoms with Crippen molar-refractivity contribution in [3.63, 3.8) is 0 Å². The Morgan fingerprint density at radius 3 is 2.84 bits per heavy atom. The summed E-state index contributed by atoms with van der Waals surface area (Å²) in [5.74, 6) is -1.15. The topological polar surface area (TPSA) is 66.4 Å². The number of amides is 1. The van der Waals surface area contributed by atoms with Crippen LogP contribution < -0.4 is 5.32 Å². The van der Waals surface area contributed by atoms with Crippen molar-refractivity contribution in [1.29, 1.82) is 0 Å². The third-order valence-electron chi connectivity index (χ3n) is 2.24. The standard InChI is InChI=1S/C13H11NO3S2/c15-12(16)6-4-9-3-5-11(19-9)13(17)14-8-10-2-1-7-18-10/h1-7H,8H2,(H,14,17)(H,15,16)/b6-4+. The van der Waals surface area contributed by atoms with Gasteiger partial charge in [0.15, 0.2) is 0 Å². The molecule has 0 atom stereocenters. The first-order valence-corrected chi connectivity index (χ1v) is 7.16. The number of thiophene rings is 2. The van der Waals surface area contributed by atoms with Crippen LogP contribution in [0.1, 0.15) is 19.4 Å². The van der Waals surface area contributed by atoms with Crippen LogP contribution in [0.3, 0.4) is 0 Å². The third-order valence-corrected chi connectivity index (χ3v) is 4.17. The first-order chi connectivity index (χ1) is 9.15. The zero-order valence-electron chi connectivity index (χ0n) is 9.83. The number of hydrogen-bond donors (Lipinski definition) is 2. The highest BCUT2D eigenvalue weighted by Crippen LogP contribution is 2.18. The van der Waals surface area contributed by atoms with Crippen molar-refractivity contribution in [2.75, 3.05) is 0 Å². The minimum Gasteiger partial charge on any atom is -0.478 e. The van der Waals surface area contributed by atoms with Gasteiger partial charge in [-0.2, -0.15) is 0 Å². The monoisotopic (exact) mass is 293 g/mol. The molecule has 4 nitrogen and oxygen atoms in total. The van der Waals surface area contributed by atoms with Gasteiger partial charge in [-0.3, -0.25) is 4.79 Å². The Kier molecular flexibility index (Phi) is 4.48. The van der Waals surface area contributed by atoms with Crippen molar-refractivity contribution in [1.82, 2.24) is 5.32 Å². The molecule has 0 aliphatic rings. The predicted molar refractivity (Wildman–Crippen MR) is 76.5 cm³/mol. The average Bonchev–Trinajstić information content (AvgIpc) is 3.04. The van der Waals surface area contributed by atoms with E-state index in [1.807, 2.05) is 17.5 Å². The quantitative estimate of drug-likeness (QED) is 0.833. The summed E-state index contributed by atoms with van der Waals surface area (Å²) in [5, 5.41) is 13.3. The second kappa shape index (κ2) is 6.31. The number of carbonyl (C=O) groups excluding carboxylic acids is 1. The van der Waals surface area contributed by atoms with Gasteiger partial charge in [-0.05, 0) is 29.7 Å². The molecule has 6 heteroatoms. The van der Waals surface area contributed by atoms with E-state index < -0.39 is 5.97 Å². The molecule has 0 aromatic carbocycles. The molecule has 0 radical (unpaired) electrons. The molecule has 2 rings (SSSR count). The van der Waals surface area contributed by atoms with Crippen molar-refractivity contribution in [2.45, 2.75) is 6.54 Å². The average molecular weight is 293 g/mol. The van der Waals surface area contributed by atoms with Crippen LogP contribution in [0.5, 0.6) is 0 Å². The number of carboxylic acid groups (broad SMARTS) is 1. The second-order valence-corrected chi connectivity index (χ2v) is 5.78. The van der Waals surface area contributed by atoms with Crippen molar-refractivity contribution in [3.05, 3.63) is 50.4 Å². The van der Waals surface area contributed by atoms with Gasteiger partial charge < -0.3 is 10.4 Å². The zero-order valence-corrected chi connectivity index (χ0v) is 11.5. The molecule has 0 spiro atoms. The normalized spacial score (nSPS) is 10.7. The summed E-state index contributed by atoms with van der Waals surface area (Å²) >= 11 is 2.85. The van der Waals surface area contributed by atoms with E-state index in [1.165, 1.54) is 17.4 Å². The molecule has 19 heavy (non-hydrogen) atoms. The molecule has 0 aliphatic carbocycles. The van der Waals surface area contributed by atoms with Crippen LogP contribution >= 0.6 is 22.7 Å². The van der Waals surface area contributed by atoms with E-state index in [0.29, 0.717) is 11.4 Å².